The molecule has 0 aliphatic rings. The summed E-state index contributed by atoms with van der Waals surface area (Å²) >= 11 is 0. The Labute approximate surface area is 101 Å². The fourth-order valence-corrected chi connectivity index (χ4v) is 1.81. The minimum Gasteiger partial charge on any atom is -0.364 e. The molecule has 2 heterocycles. The third-order valence-electron chi connectivity index (χ3n) is 2.74. The second-order valence-corrected chi connectivity index (χ2v) is 3.81. The average molecular weight is 252 g/mol. The molecule has 0 radical (unpaired) electrons. The number of methoxy groups -OCH3 is 1. The third-order valence-corrected chi connectivity index (χ3v) is 2.74. The summed E-state index contributed by atoms with van der Waals surface area (Å²) in [6, 6.07) is 0. The van der Waals surface area contributed by atoms with Crippen LogP contribution < -0.4 is 11.2 Å². The molecule has 2 rings (SSSR count). The summed E-state index contributed by atoms with van der Waals surface area (Å²) in [4.78, 5) is 38.7. The van der Waals surface area contributed by atoms with E-state index in [1.165, 1.54) is 30.3 Å². The first-order valence-electron chi connectivity index (χ1n) is 5.13. The van der Waals surface area contributed by atoms with Crippen molar-refractivity contribution in [1.29, 1.82) is 0 Å². The topological polar surface area (TPSA) is 88.1 Å². The number of ether oxygens (including phenoxy) is 1. The molecule has 0 bridgehead atoms. The summed E-state index contributed by atoms with van der Waals surface area (Å²) < 4.78 is 8.45. The molecule has 0 aliphatic carbocycles. The van der Waals surface area contributed by atoms with Gasteiger partial charge >= 0.3 is 5.69 Å². The van der Waals surface area contributed by atoms with E-state index in [0.29, 0.717) is 6.29 Å². The maximum Gasteiger partial charge on any atom is 0.332 e. The molecular formula is C10H12N4O4. The van der Waals surface area contributed by atoms with Gasteiger partial charge in [0.2, 0.25) is 0 Å². The Morgan fingerprint density at radius 2 is 1.94 bits per heavy atom. The Bertz CT molecular complexity index is 737. The molecule has 0 saturated carbocycles. The minimum atomic E-state index is -0.509. The Morgan fingerprint density at radius 3 is 2.50 bits per heavy atom. The zero-order valence-electron chi connectivity index (χ0n) is 10.2. The Kier molecular flexibility index (Phi) is 2.87. The monoisotopic (exact) mass is 252 g/mol. The van der Waals surface area contributed by atoms with Crippen LogP contribution >= 0.6 is 0 Å². The number of carbonyl (C=O) groups excluding carboxylic acids is 1. The van der Waals surface area contributed by atoms with Crippen LogP contribution in [0.5, 0.6) is 0 Å². The summed E-state index contributed by atoms with van der Waals surface area (Å²) in [5.41, 5.74) is -0.663. The quantitative estimate of drug-likeness (QED) is 0.644. The lowest BCUT2D eigenvalue weighted by Gasteiger charge is -2.05. The van der Waals surface area contributed by atoms with Crippen LogP contribution in [-0.2, 0) is 25.6 Å². The van der Waals surface area contributed by atoms with Crippen LogP contribution in [0.2, 0.25) is 0 Å². The van der Waals surface area contributed by atoms with Gasteiger partial charge in [0, 0.05) is 21.2 Å². The van der Waals surface area contributed by atoms with Gasteiger partial charge in [-0.1, -0.05) is 0 Å². The molecule has 0 spiro atoms. The number of fused-ring (bicyclic) bond motifs is 1. The number of aryl methyl sites for hydroxylation is 1. The molecule has 0 saturated heterocycles. The van der Waals surface area contributed by atoms with Crippen LogP contribution in [-0.4, -0.2) is 32.1 Å². The number of hydrogen-bond donors (Lipinski definition) is 0. The zero-order valence-corrected chi connectivity index (χ0v) is 10.2. The first-order chi connectivity index (χ1) is 8.52. The number of aldehydes is 1. The van der Waals surface area contributed by atoms with E-state index in [4.69, 9.17) is 4.74 Å². The number of rotatable bonds is 3. The lowest BCUT2D eigenvalue weighted by Crippen LogP contribution is -2.37. The van der Waals surface area contributed by atoms with Crippen LogP contribution in [0.3, 0.4) is 0 Å². The Balaban J connectivity index is 3.04. The van der Waals surface area contributed by atoms with Gasteiger partial charge in [-0.25, -0.2) is 9.78 Å². The summed E-state index contributed by atoms with van der Waals surface area (Å²) in [5, 5.41) is 0. The number of nitrogens with zero attached hydrogens (tertiary/aromatic N) is 4. The second-order valence-electron chi connectivity index (χ2n) is 3.81. The molecule has 2 aromatic rings. The van der Waals surface area contributed by atoms with Gasteiger partial charge in [0.15, 0.2) is 23.3 Å². The van der Waals surface area contributed by atoms with E-state index >= 15 is 0 Å². The van der Waals surface area contributed by atoms with Crippen LogP contribution in [0.15, 0.2) is 9.59 Å². The molecule has 18 heavy (non-hydrogen) atoms. The highest BCUT2D eigenvalue weighted by atomic mass is 16.5. The lowest BCUT2D eigenvalue weighted by atomic mass is 10.5. The highest BCUT2D eigenvalue weighted by molar-refractivity contribution is 5.80. The molecule has 8 heteroatoms. The molecule has 0 atom stereocenters. The first-order valence-corrected chi connectivity index (χ1v) is 5.13. The smallest absolute Gasteiger partial charge is 0.332 e. The van der Waals surface area contributed by atoms with Crippen molar-refractivity contribution in [3.05, 3.63) is 26.7 Å². The van der Waals surface area contributed by atoms with Gasteiger partial charge in [0.1, 0.15) is 6.73 Å². The standard InChI is InChI=1S/C10H12N4O4/c1-12-8-7(9(16)13(2)10(12)17)14(5-18-3)6(4-15)11-8/h4H,5H2,1-3H3. The third kappa shape index (κ3) is 1.50. The van der Waals surface area contributed by atoms with Crippen molar-refractivity contribution < 1.29 is 9.53 Å². The Morgan fingerprint density at radius 1 is 1.28 bits per heavy atom. The van der Waals surface area contributed by atoms with E-state index < -0.39 is 11.2 Å². The number of carbonyl (C=O) groups is 1. The predicted molar refractivity (Wildman–Crippen MR) is 62.6 cm³/mol. The van der Waals surface area contributed by atoms with Gasteiger partial charge in [0.05, 0.1) is 0 Å². The van der Waals surface area contributed by atoms with Crippen molar-refractivity contribution in [2.75, 3.05) is 7.11 Å². The van der Waals surface area contributed by atoms with Crippen LogP contribution in [0.1, 0.15) is 10.6 Å². The lowest BCUT2D eigenvalue weighted by molar-refractivity contribution is 0.107. The van der Waals surface area contributed by atoms with Crippen molar-refractivity contribution in [3.8, 4) is 0 Å². The SMILES string of the molecule is COCn1c(C=O)nc2c1c(=O)n(C)c(=O)n2C. The normalized spacial score (nSPS) is 11.1. The zero-order chi connectivity index (χ0) is 13.4. The van der Waals surface area contributed by atoms with Gasteiger partial charge in [0.25, 0.3) is 5.56 Å². The molecule has 8 nitrogen and oxygen atoms in total. The van der Waals surface area contributed by atoms with E-state index in [-0.39, 0.29) is 23.7 Å². The largest absolute Gasteiger partial charge is 0.364 e. The fourth-order valence-electron chi connectivity index (χ4n) is 1.81. The molecule has 0 fully saturated rings. The van der Waals surface area contributed by atoms with E-state index in [2.05, 4.69) is 4.98 Å². The van der Waals surface area contributed by atoms with Crippen molar-refractivity contribution in [1.82, 2.24) is 18.7 Å². The van der Waals surface area contributed by atoms with Gasteiger partial charge in [-0.05, 0) is 0 Å². The number of imidazole rings is 1. The van der Waals surface area contributed by atoms with Crippen LogP contribution in [0, 0.1) is 0 Å². The molecule has 96 valence electrons. The van der Waals surface area contributed by atoms with Crippen molar-refractivity contribution in [2.24, 2.45) is 14.1 Å². The van der Waals surface area contributed by atoms with Gasteiger partial charge in [-0.2, -0.15) is 0 Å². The molecule has 0 aliphatic heterocycles. The van der Waals surface area contributed by atoms with Gasteiger partial charge in [-0.15, -0.1) is 0 Å². The second kappa shape index (κ2) is 4.22. The molecule has 2 aromatic heterocycles. The summed E-state index contributed by atoms with van der Waals surface area (Å²) in [6.07, 6.45) is 0.517. The van der Waals surface area contributed by atoms with Crippen molar-refractivity contribution in [3.63, 3.8) is 0 Å². The Hall–Kier alpha value is -2.22. The number of aromatic nitrogens is 4. The molecule has 0 unspecified atom stereocenters. The van der Waals surface area contributed by atoms with E-state index in [1.807, 2.05) is 0 Å². The fraction of sp³-hybridized carbons (Fsp3) is 0.400. The predicted octanol–water partition coefficient (Wildman–Crippen LogP) is -1.15. The summed E-state index contributed by atoms with van der Waals surface area (Å²) in [6.45, 7) is 0.0119. The van der Waals surface area contributed by atoms with E-state index in [0.717, 1.165) is 4.57 Å². The molecule has 0 amide bonds. The highest BCUT2D eigenvalue weighted by Crippen LogP contribution is 2.09. The molecular weight excluding hydrogens is 240 g/mol. The highest BCUT2D eigenvalue weighted by Gasteiger charge is 2.18. The van der Waals surface area contributed by atoms with Crippen molar-refractivity contribution >= 4 is 17.5 Å². The molecule has 0 N–H and O–H groups in total. The van der Waals surface area contributed by atoms with Crippen LogP contribution in [0.25, 0.3) is 11.2 Å². The van der Waals surface area contributed by atoms with Crippen LogP contribution in [0.4, 0.5) is 0 Å². The van der Waals surface area contributed by atoms with E-state index in [1.54, 1.807) is 0 Å². The molecule has 0 aromatic carbocycles. The number of hydrogen-bond acceptors (Lipinski definition) is 5. The maximum atomic E-state index is 12.0. The van der Waals surface area contributed by atoms with Crippen molar-refractivity contribution in [2.45, 2.75) is 6.73 Å². The first kappa shape index (κ1) is 12.2. The maximum absolute atomic E-state index is 12.0. The van der Waals surface area contributed by atoms with Gasteiger partial charge < -0.3 is 4.74 Å². The van der Waals surface area contributed by atoms with Gasteiger partial charge in [-0.3, -0.25) is 23.3 Å². The summed E-state index contributed by atoms with van der Waals surface area (Å²) in [5.74, 6) is 0.0464. The minimum absolute atomic E-state index is 0.0119. The van der Waals surface area contributed by atoms with E-state index in [9.17, 15) is 14.4 Å². The average Bonchev–Trinajstić information content (AvgIpc) is 2.73. The summed E-state index contributed by atoms with van der Waals surface area (Å²) in [7, 11) is 4.30.